The zero-order chi connectivity index (χ0) is 14.2. The van der Waals surface area contributed by atoms with E-state index in [0.29, 0.717) is 0 Å². The molecule has 1 N–H and O–H groups in total. The molecule has 1 aromatic carbocycles. The van der Waals surface area contributed by atoms with Crippen molar-refractivity contribution < 1.29 is 0 Å². The fraction of sp³-hybridized carbons (Fsp3) is 0.200. The van der Waals surface area contributed by atoms with E-state index in [9.17, 15) is 0 Å². The topological polar surface area (TPSA) is 42.7 Å². The third kappa shape index (κ3) is 2.38. The van der Waals surface area contributed by atoms with Gasteiger partial charge in [0, 0.05) is 9.35 Å². The summed E-state index contributed by atoms with van der Waals surface area (Å²) < 4.78 is 3.08. The van der Waals surface area contributed by atoms with Crippen molar-refractivity contribution in [1.29, 1.82) is 0 Å². The molecule has 0 unspecified atom stereocenters. The lowest BCUT2D eigenvalue weighted by atomic mass is 9.97. The molecule has 3 aromatic rings. The second-order valence-electron chi connectivity index (χ2n) is 5.04. The van der Waals surface area contributed by atoms with Gasteiger partial charge < -0.3 is 5.32 Å². The molecular weight excluding hydrogens is 348 g/mol. The van der Waals surface area contributed by atoms with Crippen LogP contribution in [0.15, 0.2) is 52.6 Å². The van der Waals surface area contributed by atoms with Gasteiger partial charge in [0.1, 0.15) is 6.33 Å². The average molecular weight is 361 g/mol. The summed E-state index contributed by atoms with van der Waals surface area (Å²) in [7, 11) is 0. The maximum absolute atomic E-state index is 4.38. The number of benzene rings is 1. The van der Waals surface area contributed by atoms with Gasteiger partial charge in [-0.3, -0.25) is 0 Å². The third-order valence-corrected chi connectivity index (χ3v) is 5.28. The Balaban J connectivity index is 1.72. The van der Waals surface area contributed by atoms with Gasteiger partial charge in [-0.1, -0.05) is 34.1 Å². The molecule has 0 radical (unpaired) electrons. The SMILES string of the molecule is Brc1ccc([C@@H]2C[C@H](c3cccs3)n3ncnc3N2)cc1. The monoisotopic (exact) mass is 360 g/mol. The highest BCUT2D eigenvalue weighted by molar-refractivity contribution is 9.10. The van der Waals surface area contributed by atoms with Gasteiger partial charge in [0.25, 0.3) is 0 Å². The van der Waals surface area contributed by atoms with E-state index >= 15 is 0 Å². The van der Waals surface area contributed by atoms with Crippen LogP contribution >= 0.6 is 27.3 Å². The summed E-state index contributed by atoms with van der Waals surface area (Å²) in [4.78, 5) is 5.67. The second kappa shape index (κ2) is 5.27. The maximum Gasteiger partial charge on any atom is 0.222 e. The van der Waals surface area contributed by atoms with Gasteiger partial charge >= 0.3 is 0 Å². The molecule has 0 saturated carbocycles. The third-order valence-electron chi connectivity index (χ3n) is 3.77. The molecular formula is C15H13BrN4S. The van der Waals surface area contributed by atoms with Crippen molar-refractivity contribution in [3.8, 4) is 0 Å². The number of nitrogens with one attached hydrogen (secondary N) is 1. The number of anilines is 1. The van der Waals surface area contributed by atoms with Crippen LogP contribution in [0.1, 0.15) is 28.9 Å². The van der Waals surface area contributed by atoms with Crippen LogP contribution in [0.2, 0.25) is 0 Å². The Bertz CT molecular complexity index is 735. The number of thiophene rings is 1. The van der Waals surface area contributed by atoms with Crippen molar-refractivity contribution in [2.45, 2.75) is 18.5 Å². The Hall–Kier alpha value is -1.66. The molecule has 0 saturated heterocycles. The summed E-state index contributed by atoms with van der Waals surface area (Å²) in [6.45, 7) is 0. The zero-order valence-electron chi connectivity index (χ0n) is 11.1. The van der Waals surface area contributed by atoms with Crippen LogP contribution in [0, 0.1) is 0 Å². The highest BCUT2D eigenvalue weighted by Crippen LogP contribution is 2.38. The first-order chi connectivity index (χ1) is 10.3. The molecule has 2 atom stereocenters. The average Bonchev–Trinajstić information content (AvgIpc) is 3.18. The molecule has 0 amide bonds. The van der Waals surface area contributed by atoms with Crippen LogP contribution in [0.4, 0.5) is 5.95 Å². The standard InChI is InChI=1S/C15H13BrN4S/c16-11-5-3-10(4-6-11)12-8-13(14-2-1-7-21-14)20-15(19-12)17-9-18-20/h1-7,9,12-13H,8H2,(H,17,18,19)/t12-,13+/m0/s1. The fourth-order valence-corrected chi connectivity index (χ4v) is 3.84. The van der Waals surface area contributed by atoms with Crippen molar-refractivity contribution in [2.24, 2.45) is 0 Å². The molecule has 2 aromatic heterocycles. The number of fused-ring (bicyclic) bond motifs is 1. The smallest absolute Gasteiger partial charge is 0.222 e. The van der Waals surface area contributed by atoms with E-state index in [4.69, 9.17) is 0 Å². The van der Waals surface area contributed by atoms with E-state index in [1.807, 2.05) is 4.68 Å². The van der Waals surface area contributed by atoms with Crippen molar-refractivity contribution >= 4 is 33.2 Å². The minimum atomic E-state index is 0.248. The molecule has 3 heterocycles. The lowest BCUT2D eigenvalue weighted by molar-refractivity contribution is 0.436. The summed E-state index contributed by atoms with van der Waals surface area (Å²) in [5.41, 5.74) is 1.27. The predicted octanol–water partition coefficient (Wildman–Crippen LogP) is 4.25. The first kappa shape index (κ1) is 13.0. The van der Waals surface area contributed by atoms with Crippen LogP contribution in [-0.2, 0) is 0 Å². The Labute approximate surface area is 135 Å². The zero-order valence-corrected chi connectivity index (χ0v) is 13.5. The van der Waals surface area contributed by atoms with E-state index in [2.05, 4.69) is 73.1 Å². The first-order valence-corrected chi connectivity index (χ1v) is 8.43. The molecule has 0 spiro atoms. The van der Waals surface area contributed by atoms with Crippen LogP contribution in [0.3, 0.4) is 0 Å². The molecule has 1 aliphatic heterocycles. The number of hydrogen-bond acceptors (Lipinski definition) is 4. The van der Waals surface area contributed by atoms with Gasteiger partial charge in [0.2, 0.25) is 5.95 Å². The normalized spacial score (nSPS) is 20.8. The lowest BCUT2D eigenvalue weighted by Gasteiger charge is -2.31. The summed E-state index contributed by atoms with van der Waals surface area (Å²) in [6, 6.07) is 13.2. The van der Waals surface area contributed by atoms with Crippen LogP contribution in [0.5, 0.6) is 0 Å². The minimum absolute atomic E-state index is 0.248. The van der Waals surface area contributed by atoms with Crippen LogP contribution in [0.25, 0.3) is 0 Å². The van der Waals surface area contributed by atoms with E-state index in [1.54, 1.807) is 17.7 Å². The molecule has 6 heteroatoms. The molecule has 21 heavy (non-hydrogen) atoms. The quantitative estimate of drug-likeness (QED) is 0.742. The first-order valence-electron chi connectivity index (χ1n) is 6.76. The van der Waals surface area contributed by atoms with Crippen molar-refractivity contribution in [1.82, 2.24) is 14.8 Å². The Morgan fingerprint density at radius 2 is 2.10 bits per heavy atom. The summed E-state index contributed by atoms with van der Waals surface area (Å²) >= 11 is 5.26. The molecule has 1 aliphatic rings. The van der Waals surface area contributed by atoms with Crippen molar-refractivity contribution in [2.75, 3.05) is 5.32 Å². The number of hydrogen-bond donors (Lipinski definition) is 1. The van der Waals surface area contributed by atoms with E-state index in [1.165, 1.54) is 10.4 Å². The second-order valence-corrected chi connectivity index (χ2v) is 6.94. The minimum Gasteiger partial charge on any atom is -0.348 e. The van der Waals surface area contributed by atoms with Gasteiger partial charge in [-0.05, 0) is 35.6 Å². The summed E-state index contributed by atoms with van der Waals surface area (Å²) in [6.07, 6.45) is 2.59. The highest BCUT2D eigenvalue weighted by Gasteiger charge is 2.30. The van der Waals surface area contributed by atoms with Gasteiger partial charge in [0.15, 0.2) is 0 Å². The molecule has 106 valence electrons. The Kier molecular flexibility index (Phi) is 3.27. The van der Waals surface area contributed by atoms with Crippen molar-refractivity contribution in [3.63, 3.8) is 0 Å². The molecule has 0 fully saturated rings. The number of aromatic nitrogens is 3. The van der Waals surface area contributed by atoms with Gasteiger partial charge in [-0.15, -0.1) is 11.3 Å². The number of halogens is 1. The van der Waals surface area contributed by atoms with Gasteiger partial charge in [-0.25, -0.2) is 4.68 Å². The molecule has 0 bridgehead atoms. The Morgan fingerprint density at radius 3 is 2.86 bits per heavy atom. The predicted molar refractivity (Wildman–Crippen MR) is 87.6 cm³/mol. The van der Waals surface area contributed by atoms with E-state index in [-0.39, 0.29) is 12.1 Å². The largest absolute Gasteiger partial charge is 0.348 e. The Morgan fingerprint density at radius 1 is 1.24 bits per heavy atom. The van der Waals surface area contributed by atoms with Gasteiger partial charge in [0.05, 0.1) is 12.1 Å². The molecule has 4 rings (SSSR count). The number of nitrogens with zero attached hydrogens (tertiary/aromatic N) is 3. The summed E-state index contributed by atoms with van der Waals surface area (Å²) in [5.74, 6) is 0.840. The van der Waals surface area contributed by atoms with E-state index in [0.717, 1.165) is 16.8 Å². The number of rotatable bonds is 2. The van der Waals surface area contributed by atoms with E-state index < -0.39 is 0 Å². The van der Waals surface area contributed by atoms with Gasteiger partial charge in [-0.2, -0.15) is 10.1 Å². The molecule has 0 aliphatic carbocycles. The maximum atomic E-state index is 4.38. The fourth-order valence-electron chi connectivity index (χ4n) is 2.75. The van der Waals surface area contributed by atoms with Crippen LogP contribution in [-0.4, -0.2) is 14.8 Å². The molecule has 4 nitrogen and oxygen atoms in total. The van der Waals surface area contributed by atoms with Crippen molar-refractivity contribution in [3.05, 3.63) is 63.0 Å². The lowest BCUT2D eigenvalue weighted by Crippen LogP contribution is -2.27. The highest BCUT2D eigenvalue weighted by atomic mass is 79.9. The van der Waals surface area contributed by atoms with Crippen LogP contribution < -0.4 is 5.32 Å². The summed E-state index contributed by atoms with van der Waals surface area (Å²) in [5, 5.41) is 9.98.